The molecular weight excluding hydrogens is 166 g/mol. The Morgan fingerprint density at radius 3 is 2.77 bits per heavy atom. The lowest BCUT2D eigenvalue weighted by Crippen LogP contribution is -1.96. The predicted molar refractivity (Wildman–Crippen MR) is 47.2 cm³/mol. The monoisotopic (exact) mass is 177 g/mol. The molecule has 0 saturated carbocycles. The van der Waals surface area contributed by atoms with Crippen LogP contribution in [0.4, 0.5) is 0 Å². The van der Waals surface area contributed by atoms with Crippen LogP contribution in [0.2, 0.25) is 0 Å². The van der Waals surface area contributed by atoms with Crippen molar-refractivity contribution in [2.45, 2.75) is 19.9 Å². The van der Waals surface area contributed by atoms with E-state index >= 15 is 0 Å². The van der Waals surface area contributed by atoms with E-state index < -0.39 is 0 Å². The Balaban J connectivity index is 2.10. The van der Waals surface area contributed by atoms with Crippen LogP contribution in [-0.2, 0) is 13.0 Å². The predicted octanol–water partition coefficient (Wildman–Crippen LogP) is 1.48. The van der Waals surface area contributed by atoms with Crippen molar-refractivity contribution in [3.63, 3.8) is 0 Å². The summed E-state index contributed by atoms with van der Waals surface area (Å²) in [5, 5.41) is 3.82. The third-order valence-corrected chi connectivity index (χ3v) is 1.81. The Kier molecular flexibility index (Phi) is 2.12. The third-order valence-electron chi connectivity index (χ3n) is 1.81. The molecule has 0 amide bonds. The van der Waals surface area contributed by atoms with Gasteiger partial charge in [-0.3, -0.25) is 0 Å². The summed E-state index contributed by atoms with van der Waals surface area (Å²) in [7, 11) is 0. The number of hydrogen-bond donors (Lipinski definition) is 0. The molecule has 0 aliphatic carbocycles. The lowest BCUT2D eigenvalue weighted by Gasteiger charge is -1.94. The first-order valence-corrected chi connectivity index (χ1v) is 4.30. The molecule has 0 spiro atoms. The highest BCUT2D eigenvalue weighted by Gasteiger charge is 2.03. The molecule has 4 nitrogen and oxygen atoms in total. The van der Waals surface area contributed by atoms with Gasteiger partial charge in [-0.25, -0.2) is 0 Å². The fraction of sp³-hybridized carbons (Fsp3) is 0.333. The zero-order valence-corrected chi connectivity index (χ0v) is 7.47. The fourth-order valence-electron chi connectivity index (χ4n) is 1.13. The Morgan fingerprint density at radius 1 is 1.38 bits per heavy atom. The minimum Gasteiger partial charge on any atom is -0.345 e. The molecule has 0 radical (unpaired) electrons. The summed E-state index contributed by atoms with van der Waals surface area (Å²) in [5.41, 5.74) is 0. The number of hydrogen-bond acceptors (Lipinski definition) is 3. The maximum atomic E-state index is 5.05. The van der Waals surface area contributed by atoms with Gasteiger partial charge >= 0.3 is 0 Å². The summed E-state index contributed by atoms with van der Waals surface area (Å²) >= 11 is 0. The van der Waals surface area contributed by atoms with E-state index in [1.165, 1.54) is 0 Å². The standard InChI is InChI=1S/C9H11N3O/c1-2-8-10-9(13-11-8)7-12-5-3-4-6-12/h3-6H,2,7H2,1H3. The maximum absolute atomic E-state index is 5.05. The van der Waals surface area contributed by atoms with Crippen molar-refractivity contribution in [3.8, 4) is 0 Å². The largest absolute Gasteiger partial charge is 0.345 e. The maximum Gasteiger partial charge on any atom is 0.246 e. The van der Waals surface area contributed by atoms with E-state index in [9.17, 15) is 0 Å². The average Bonchev–Trinajstić information content (AvgIpc) is 2.76. The van der Waals surface area contributed by atoms with Gasteiger partial charge in [0.15, 0.2) is 5.82 Å². The quantitative estimate of drug-likeness (QED) is 0.713. The Hall–Kier alpha value is -1.58. The molecule has 0 atom stereocenters. The average molecular weight is 177 g/mol. The van der Waals surface area contributed by atoms with E-state index in [1.807, 2.05) is 36.0 Å². The normalized spacial score (nSPS) is 10.5. The number of aryl methyl sites for hydroxylation is 1. The Morgan fingerprint density at radius 2 is 2.15 bits per heavy atom. The molecule has 0 bridgehead atoms. The first-order valence-electron chi connectivity index (χ1n) is 4.30. The van der Waals surface area contributed by atoms with Gasteiger partial charge in [0.25, 0.3) is 0 Å². The molecule has 2 heterocycles. The first kappa shape index (κ1) is 8.04. The van der Waals surface area contributed by atoms with Gasteiger partial charge in [0, 0.05) is 18.8 Å². The van der Waals surface area contributed by atoms with Crippen LogP contribution in [0.5, 0.6) is 0 Å². The van der Waals surface area contributed by atoms with Crippen LogP contribution < -0.4 is 0 Å². The van der Waals surface area contributed by atoms with Gasteiger partial charge in [-0.2, -0.15) is 4.98 Å². The van der Waals surface area contributed by atoms with Crippen molar-refractivity contribution in [2.75, 3.05) is 0 Å². The molecule has 0 aliphatic rings. The summed E-state index contributed by atoms with van der Waals surface area (Å²) in [6, 6.07) is 3.94. The highest BCUT2D eigenvalue weighted by Crippen LogP contribution is 2.01. The molecule has 13 heavy (non-hydrogen) atoms. The van der Waals surface area contributed by atoms with E-state index in [-0.39, 0.29) is 0 Å². The first-order chi connectivity index (χ1) is 6.38. The second-order valence-electron chi connectivity index (χ2n) is 2.81. The van der Waals surface area contributed by atoms with Crippen LogP contribution in [0.25, 0.3) is 0 Å². The number of aromatic nitrogens is 3. The van der Waals surface area contributed by atoms with E-state index in [2.05, 4.69) is 10.1 Å². The molecule has 0 unspecified atom stereocenters. The van der Waals surface area contributed by atoms with Crippen LogP contribution in [0.3, 0.4) is 0 Å². The van der Waals surface area contributed by atoms with Crippen LogP contribution >= 0.6 is 0 Å². The molecule has 4 heteroatoms. The summed E-state index contributed by atoms with van der Waals surface area (Å²) in [6.45, 7) is 2.66. The fourth-order valence-corrected chi connectivity index (χ4v) is 1.13. The van der Waals surface area contributed by atoms with Gasteiger partial charge < -0.3 is 9.09 Å². The molecule has 0 fully saturated rings. The van der Waals surface area contributed by atoms with E-state index in [0.717, 1.165) is 12.2 Å². The van der Waals surface area contributed by atoms with Crippen LogP contribution in [-0.4, -0.2) is 14.7 Å². The summed E-state index contributed by atoms with van der Waals surface area (Å²) in [5.74, 6) is 1.43. The van der Waals surface area contributed by atoms with E-state index in [1.54, 1.807) is 0 Å². The van der Waals surface area contributed by atoms with Gasteiger partial charge in [0.05, 0.1) is 0 Å². The third kappa shape index (κ3) is 1.77. The molecule has 2 aromatic rings. The van der Waals surface area contributed by atoms with Crippen molar-refractivity contribution >= 4 is 0 Å². The lowest BCUT2D eigenvalue weighted by atomic mass is 10.5. The van der Waals surface area contributed by atoms with Crippen LogP contribution in [0, 0.1) is 0 Å². The molecule has 0 aliphatic heterocycles. The van der Waals surface area contributed by atoms with Crippen molar-refractivity contribution in [3.05, 3.63) is 36.2 Å². The SMILES string of the molecule is CCc1noc(Cn2cccc2)n1. The van der Waals surface area contributed by atoms with Crippen LogP contribution in [0.15, 0.2) is 29.0 Å². The molecule has 0 saturated heterocycles. The topological polar surface area (TPSA) is 43.9 Å². The van der Waals surface area contributed by atoms with E-state index in [0.29, 0.717) is 12.4 Å². The van der Waals surface area contributed by atoms with Gasteiger partial charge in [-0.15, -0.1) is 0 Å². The highest BCUT2D eigenvalue weighted by molar-refractivity contribution is 4.94. The smallest absolute Gasteiger partial charge is 0.246 e. The zero-order chi connectivity index (χ0) is 9.10. The summed E-state index contributed by atoms with van der Waals surface area (Å²) in [6.07, 6.45) is 4.75. The van der Waals surface area contributed by atoms with E-state index in [4.69, 9.17) is 4.52 Å². The Labute approximate surface area is 76.2 Å². The second-order valence-corrected chi connectivity index (χ2v) is 2.81. The lowest BCUT2D eigenvalue weighted by molar-refractivity contribution is 0.366. The van der Waals surface area contributed by atoms with Gasteiger partial charge in [-0.1, -0.05) is 12.1 Å². The number of nitrogens with zero attached hydrogens (tertiary/aromatic N) is 3. The van der Waals surface area contributed by atoms with Gasteiger partial charge in [0.1, 0.15) is 6.54 Å². The number of rotatable bonds is 3. The van der Waals surface area contributed by atoms with Crippen LogP contribution in [0.1, 0.15) is 18.6 Å². The minimum atomic E-state index is 0.653. The summed E-state index contributed by atoms with van der Waals surface area (Å²) < 4.78 is 7.04. The van der Waals surface area contributed by atoms with Gasteiger partial charge in [-0.05, 0) is 12.1 Å². The van der Waals surface area contributed by atoms with Crippen molar-refractivity contribution in [1.29, 1.82) is 0 Å². The minimum absolute atomic E-state index is 0.653. The molecule has 0 N–H and O–H groups in total. The molecular formula is C9H11N3O. The van der Waals surface area contributed by atoms with Crippen molar-refractivity contribution < 1.29 is 4.52 Å². The second kappa shape index (κ2) is 3.43. The molecule has 68 valence electrons. The van der Waals surface area contributed by atoms with Crippen molar-refractivity contribution in [1.82, 2.24) is 14.7 Å². The zero-order valence-electron chi connectivity index (χ0n) is 7.47. The Bertz CT molecular complexity index is 364. The molecule has 0 aromatic carbocycles. The highest BCUT2D eigenvalue weighted by atomic mass is 16.5. The molecule has 2 aromatic heterocycles. The van der Waals surface area contributed by atoms with Gasteiger partial charge in [0.2, 0.25) is 5.89 Å². The molecule has 2 rings (SSSR count). The van der Waals surface area contributed by atoms with Crippen molar-refractivity contribution in [2.24, 2.45) is 0 Å². The summed E-state index contributed by atoms with van der Waals surface area (Å²) in [4.78, 5) is 4.20.